The van der Waals surface area contributed by atoms with Gasteiger partial charge in [0.25, 0.3) is 0 Å². The standard InChI is InChI=1S/C15H14.C2H7N/c1-2-6-12(7-3-1)15-11-10-13-8-4-5-9-14(13)15;1-3-2/h1-9,15H,10-11H2;3H,1-2H3. The topological polar surface area (TPSA) is 12.0 Å². The lowest BCUT2D eigenvalue weighted by Gasteiger charge is -2.11. The van der Waals surface area contributed by atoms with Crippen LogP contribution in [0.5, 0.6) is 0 Å². The van der Waals surface area contributed by atoms with Gasteiger partial charge >= 0.3 is 0 Å². The number of hydrogen-bond acceptors (Lipinski definition) is 1. The summed E-state index contributed by atoms with van der Waals surface area (Å²) in [6, 6.07) is 19.7. The third-order valence-corrected chi connectivity index (χ3v) is 3.33. The Balaban J connectivity index is 0.000000367. The van der Waals surface area contributed by atoms with E-state index in [2.05, 4.69) is 59.9 Å². The second-order valence-corrected chi connectivity index (χ2v) is 4.70. The highest BCUT2D eigenvalue weighted by atomic mass is 14.7. The Morgan fingerprint density at radius 3 is 2.22 bits per heavy atom. The summed E-state index contributed by atoms with van der Waals surface area (Å²) in [6.45, 7) is 0. The highest BCUT2D eigenvalue weighted by molar-refractivity contribution is 5.41. The van der Waals surface area contributed by atoms with Gasteiger partial charge in [-0.2, -0.15) is 0 Å². The van der Waals surface area contributed by atoms with Crippen molar-refractivity contribution in [3.63, 3.8) is 0 Å². The summed E-state index contributed by atoms with van der Waals surface area (Å²) >= 11 is 0. The second-order valence-electron chi connectivity index (χ2n) is 4.70. The highest BCUT2D eigenvalue weighted by Crippen LogP contribution is 2.37. The fourth-order valence-corrected chi connectivity index (χ4v) is 2.59. The minimum Gasteiger partial charge on any atom is -0.323 e. The lowest BCUT2D eigenvalue weighted by Crippen LogP contribution is -1.94. The minimum absolute atomic E-state index is 0.627. The largest absolute Gasteiger partial charge is 0.323 e. The third-order valence-electron chi connectivity index (χ3n) is 3.33. The molecule has 18 heavy (non-hydrogen) atoms. The summed E-state index contributed by atoms with van der Waals surface area (Å²) < 4.78 is 0. The Labute approximate surface area is 110 Å². The van der Waals surface area contributed by atoms with Crippen molar-refractivity contribution in [1.29, 1.82) is 0 Å². The van der Waals surface area contributed by atoms with Crippen molar-refractivity contribution in [2.45, 2.75) is 18.8 Å². The molecule has 0 aromatic heterocycles. The molecule has 1 aliphatic rings. The fourth-order valence-electron chi connectivity index (χ4n) is 2.59. The van der Waals surface area contributed by atoms with Gasteiger partial charge in [-0.3, -0.25) is 0 Å². The van der Waals surface area contributed by atoms with Gasteiger partial charge in [0.1, 0.15) is 0 Å². The van der Waals surface area contributed by atoms with Crippen molar-refractivity contribution in [3.05, 3.63) is 71.3 Å². The lowest BCUT2D eigenvalue weighted by atomic mass is 9.93. The predicted molar refractivity (Wildman–Crippen MR) is 78.0 cm³/mol. The number of benzene rings is 2. The quantitative estimate of drug-likeness (QED) is 0.801. The smallest absolute Gasteiger partial charge is 0.00952 e. The molecular weight excluding hydrogens is 218 g/mol. The molecule has 0 amide bonds. The van der Waals surface area contributed by atoms with Gasteiger partial charge in [0, 0.05) is 5.92 Å². The molecule has 2 aromatic rings. The van der Waals surface area contributed by atoms with Crippen LogP contribution in [-0.4, -0.2) is 14.1 Å². The molecule has 1 N–H and O–H groups in total. The number of hydrogen-bond donors (Lipinski definition) is 1. The molecule has 3 rings (SSSR count). The van der Waals surface area contributed by atoms with Gasteiger partial charge in [-0.05, 0) is 43.6 Å². The van der Waals surface area contributed by atoms with Crippen LogP contribution in [0.2, 0.25) is 0 Å². The molecule has 0 bridgehead atoms. The normalized spacial score (nSPS) is 16.7. The first-order valence-electron chi connectivity index (χ1n) is 6.58. The Morgan fingerprint density at radius 1 is 0.889 bits per heavy atom. The molecule has 0 fully saturated rings. The summed E-state index contributed by atoms with van der Waals surface area (Å²) in [7, 11) is 3.75. The van der Waals surface area contributed by atoms with Crippen LogP contribution in [0, 0.1) is 0 Å². The van der Waals surface area contributed by atoms with Crippen LogP contribution in [0.3, 0.4) is 0 Å². The van der Waals surface area contributed by atoms with E-state index in [9.17, 15) is 0 Å². The molecule has 1 unspecified atom stereocenters. The van der Waals surface area contributed by atoms with E-state index in [1.54, 1.807) is 0 Å². The molecule has 94 valence electrons. The number of aryl methyl sites for hydroxylation is 1. The average Bonchev–Trinajstić information content (AvgIpc) is 2.84. The second kappa shape index (κ2) is 6.36. The van der Waals surface area contributed by atoms with E-state index in [1.165, 1.54) is 29.5 Å². The van der Waals surface area contributed by atoms with Gasteiger partial charge in [-0.25, -0.2) is 0 Å². The molecule has 0 aliphatic heterocycles. The van der Waals surface area contributed by atoms with Crippen LogP contribution in [0.4, 0.5) is 0 Å². The molecule has 0 saturated heterocycles. The predicted octanol–water partition coefficient (Wildman–Crippen LogP) is 3.60. The molecule has 0 spiro atoms. The van der Waals surface area contributed by atoms with Gasteiger partial charge < -0.3 is 5.32 Å². The van der Waals surface area contributed by atoms with Crippen LogP contribution < -0.4 is 5.32 Å². The van der Waals surface area contributed by atoms with Crippen LogP contribution in [0.1, 0.15) is 29.0 Å². The Bertz CT molecular complexity index is 476. The van der Waals surface area contributed by atoms with Crippen molar-refractivity contribution in [2.24, 2.45) is 0 Å². The maximum absolute atomic E-state index is 2.75. The van der Waals surface area contributed by atoms with Crippen molar-refractivity contribution < 1.29 is 0 Å². The first kappa shape index (κ1) is 12.8. The molecule has 2 aromatic carbocycles. The van der Waals surface area contributed by atoms with Crippen LogP contribution in [0.15, 0.2) is 54.6 Å². The van der Waals surface area contributed by atoms with Gasteiger partial charge in [0.05, 0.1) is 0 Å². The van der Waals surface area contributed by atoms with Crippen molar-refractivity contribution in [3.8, 4) is 0 Å². The van der Waals surface area contributed by atoms with Crippen LogP contribution in [0.25, 0.3) is 0 Å². The molecule has 1 aliphatic carbocycles. The SMILES string of the molecule is CNC.c1ccc(C2CCc3ccccc32)cc1. The first-order valence-corrected chi connectivity index (χ1v) is 6.58. The lowest BCUT2D eigenvalue weighted by molar-refractivity contribution is 0.788. The molecule has 0 heterocycles. The maximum atomic E-state index is 2.75. The van der Waals surface area contributed by atoms with E-state index in [0.29, 0.717) is 5.92 Å². The average molecular weight is 239 g/mol. The molecule has 1 nitrogen and oxygen atoms in total. The van der Waals surface area contributed by atoms with Crippen LogP contribution in [-0.2, 0) is 6.42 Å². The summed E-state index contributed by atoms with van der Waals surface area (Å²) in [4.78, 5) is 0. The summed E-state index contributed by atoms with van der Waals surface area (Å²) in [5, 5.41) is 2.75. The summed E-state index contributed by atoms with van der Waals surface area (Å²) in [6.07, 6.45) is 2.50. The van der Waals surface area contributed by atoms with Gasteiger partial charge in [-0.15, -0.1) is 0 Å². The Hall–Kier alpha value is -1.60. The van der Waals surface area contributed by atoms with E-state index in [0.717, 1.165) is 0 Å². The zero-order valence-corrected chi connectivity index (χ0v) is 11.2. The summed E-state index contributed by atoms with van der Waals surface area (Å²) in [5.41, 5.74) is 4.53. The molecule has 0 saturated carbocycles. The van der Waals surface area contributed by atoms with E-state index in [-0.39, 0.29) is 0 Å². The minimum atomic E-state index is 0.627. The highest BCUT2D eigenvalue weighted by Gasteiger charge is 2.22. The van der Waals surface area contributed by atoms with Crippen LogP contribution >= 0.6 is 0 Å². The van der Waals surface area contributed by atoms with Gasteiger partial charge in [0.15, 0.2) is 0 Å². The van der Waals surface area contributed by atoms with E-state index >= 15 is 0 Å². The van der Waals surface area contributed by atoms with E-state index in [4.69, 9.17) is 0 Å². The zero-order valence-electron chi connectivity index (χ0n) is 11.2. The van der Waals surface area contributed by atoms with E-state index in [1.807, 2.05) is 14.1 Å². The Morgan fingerprint density at radius 2 is 1.50 bits per heavy atom. The molecule has 0 radical (unpaired) electrons. The third kappa shape index (κ3) is 2.80. The van der Waals surface area contributed by atoms with Crippen molar-refractivity contribution in [2.75, 3.05) is 14.1 Å². The number of nitrogens with one attached hydrogen (secondary N) is 1. The summed E-state index contributed by atoms with van der Waals surface area (Å²) in [5.74, 6) is 0.627. The van der Waals surface area contributed by atoms with Gasteiger partial charge in [0.2, 0.25) is 0 Å². The molecule has 1 heteroatoms. The van der Waals surface area contributed by atoms with Gasteiger partial charge in [-0.1, -0.05) is 54.6 Å². The molecular formula is C17H21N. The van der Waals surface area contributed by atoms with Crippen molar-refractivity contribution in [1.82, 2.24) is 5.32 Å². The molecule has 1 atom stereocenters. The fraction of sp³-hybridized carbons (Fsp3) is 0.294. The monoisotopic (exact) mass is 239 g/mol. The van der Waals surface area contributed by atoms with E-state index < -0.39 is 0 Å². The number of rotatable bonds is 1. The first-order chi connectivity index (χ1) is 8.86. The Kier molecular flexibility index (Phi) is 4.54. The zero-order chi connectivity index (χ0) is 12.8. The van der Waals surface area contributed by atoms with Crippen molar-refractivity contribution >= 4 is 0 Å². The number of fused-ring (bicyclic) bond motifs is 1. The maximum Gasteiger partial charge on any atom is 0.00952 e.